The molecule has 3 atom stereocenters. The number of benzene rings is 4. The molecule has 212 valence electrons. The smallest absolute Gasteiger partial charge is 0.351 e. The predicted octanol–water partition coefficient (Wildman–Crippen LogP) is 5.09. The van der Waals surface area contributed by atoms with E-state index in [0.717, 1.165) is 22.3 Å². The highest BCUT2D eigenvalue weighted by Crippen LogP contribution is 2.40. The summed E-state index contributed by atoms with van der Waals surface area (Å²) in [4.78, 5) is 17.4. The van der Waals surface area contributed by atoms with E-state index in [1.165, 1.54) is 4.57 Å². The first-order chi connectivity index (χ1) is 20.7. The largest absolute Gasteiger partial charge is 0.394 e. The van der Waals surface area contributed by atoms with Gasteiger partial charge in [0.05, 0.1) is 18.2 Å². The minimum Gasteiger partial charge on any atom is -0.394 e. The fourth-order valence-corrected chi connectivity index (χ4v) is 5.83. The molecule has 0 bridgehead atoms. The van der Waals surface area contributed by atoms with E-state index in [4.69, 9.17) is 4.74 Å². The summed E-state index contributed by atoms with van der Waals surface area (Å²) in [6.07, 6.45) is 1.07. The lowest BCUT2D eigenvalue weighted by Gasteiger charge is -2.40. The van der Waals surface area contributed by atoms with E-state index < -0.39 is 23.6 Å². The van der Waals surface area contributed by atoms with Gasteiger partial charge in [0.1, 0.15) is 12.0 Å². The van der Waals surface area contributed by atoms with Crippen LogP contribution in [-0.2, 0) is 16.8 Å². The van der Waals surface area contributed by atoms with Gasteiger partial charge in [0.2, 0.25) is 0 Å². The molecule has 4 aromatic carbocycles. The van der Waals surface area contributed by atoms with Gasteiger partial charge in [0.25, 0.3) is 0 Å². The number of rotatable bonds is 10. The molecule has 3 unspecified atom stereocenters. The Labute approximate surface area is 245 Å². The van der Waals surface area contributed by atoms with Crippen molar-refractivity contribution in [3.63, 3.8) is 0 Å². The quantitative estimate of drug-likeness (QED) is 0.207. The third-order valence-corrected chi connectivity index (χ3v) is 7.90. The zero-order chi connectivity index (χ0) is 28.8. The van der Waals surface area contributed by atoms with Crippen LogP contribution in [0.25, 0.3) is 0 Å². The summed E-state index contributed by atoms with van der Waals surface area (Å²) in [6.45, 7) is 0.373. The van der Waals surface area contributed by atoms with Crippen LogP contribution in [0.1, 0.15) is 34.9 Å². The summed E-state index contributed by atoms with van der Waals surface area (Å²) in [5, 5.41) is 17.6. The van der Waals surface area contributed by atoms with Crippen molar-refractivity contribution in [3.05, 3.63) is 166 Å². The Balaban J connectivity index is 1.31. The molecule has 0 saturated carbocycles. The molecule has 2 heterocycles. The summed E-state index contributed by atoms with van der Waals surface area (Å²) >= 11 is 0. The van der Waals surface area contributed by atoms with Crippen LogP contribution in [0.4, 0.5) is 5.82 Å². The minimum absolute atomic E-state index is 0.193. The molecule has 0 radical (unpaired) electrons. The lowest BCUT2D eigenvalue weighted by Crippen LogP contribution is -2.53. The summed E-state index contributed by atoms with van der Waals surface area (Å²) in [5.74, 6) is 0.503. The average Bonchev–Trinajstić information content (AvgIpc) is 3.46. The molecule has 3 N–H and O–H groups in total. The van der Waals surface area contributed by atoms with E-state index >= 15 is 0 Å². The SMILES string of the molecule is O=c1nc(NCc2ccccc2)ccn1C1CC(NC(c2ccccc2)(c2ccccc2)c2ccccc2)C(CO)O1. The fourth-order valence-electron chi connectivity index (χ4n) is 5.83. The van der Waals surface area contributed by atoms with Crippen molar-refractivity contribution in [1.82, 2.24) is 14.9 Å². The summed E-state index contributed by atoms with van der Waals surface area (Å²) in [5.41, 5.74) is 3.16. The standard InChI is InChI=1S/C35H34N4O3/c40-25-31-30(23-33(42-31)39-22-21-32(37-34(39)41)36-24-26-13-5-1-6-14-26)38-35(27-15-7-2-8-16-27,28-17-9-3-10-18-28)29-19-11-4-12-20-29/h1-22,30-31,33,38,40H,23-25H2,(H,36,37,41). The van der Waals surface area contributed by atoms with Crippen LogP contribution in [0.2, 0.25) is 0 Å². The number of aromatic nitrogens is 2. The molecule has 7 nitrogen and oxygen atoms in total. The van der Waals surface area contributed by atoms with E-state index in [9.17, 15) is 9.90 Å². The van der Waals surface area contributed by atoms with E-state index in [1.54, 1.807) is 12.3 Å². The third kappa shape index (κ3) is 5.63. The molecule has 1 fully saturated rings. The highest BCUT2D eigenvalue weighted by molar-refractivity contribution is 5.49. The van der Waals surface area contributed by atoms with Crippen molar-refractivity contribution in [2.45, 2.75) is 36.9 Å². The van der Waals surface area contributed by atoms with Crippen LogP contribution < -0.4 is 16.3 Å². The van der Waals surface area contributed by atoms with Gasteiger partial charge in [-0.2, -0.15) is 4.98 Å². The van der Waals surface area contributed by atoms with Gasteiger partial charge < -0.3 is 15.2 Å². The Kier molecular flexibility index (Phi) is 8.23. The van der Waals surface area contributed by atoms with E-state index in [0.29, 0.717) is 18.8 Å². The Morgan fingerprint density at radius 2 is 1.31 bits per heavy atom. The van der Waals surface area contributed by atoms with E-state index in [2.05, 4.69) is 52.0 Å². The van der Waals surface area contributed by atoms with Gasteiger partial charge in [-0.1, -0.05) is 121 Å². The van der Waals surface area contributed by atoms with Crippen molar-refractivity contribution in [2.24, 2.45) is 0 Å². The van der Waals surface area contributed by atoms with Gasteiger partial charge in [-0.3, -0.25) is 9.88 Å². The highest BCUT2D eigenvalue weighted by Gasteiger charge is 2.44. The number of ether oxygens (including phenoxy) is 1. The maximum absolute atomic E-state index is 13.1. The molecular weight excluding hydrogens is 524 g/mol. The molecular formula is C35H34N4O3. The second-order valence-electron chi connectivity index (χ2n) is 10.5. The zero-order valence-electron chi connectivity index (χ0n) is 23.2. The van der Waals surface area contributed by atoms with Crippen LogP contribution in [-0.4, -0.2) is 33.4 Å². The van der Waals surface area contributed by atoms with Crippen molar-refractivity contribution in [1.29, 1.82) is 0 Å². The molecule has 0 amide bonds. The fraction of sp³-hybridized carbons (Fsp3) is 0.200. The van der Waals surface area contributed by atoms with Crippen LogP contribution in [0.3, 0.4) is 0 Å². The predicted molar refractivity (Wildman–Crippen MR) is 164 cm³/mol. The monoisotopic (exact) mass is 558 g/mol. The molecule has 1 aromatic heterocycles. The van der Waals surface area contributed by atoms with Gasteiger partial charge in [0.15, 0.2) is 0 Å². The number of hydrogen-bond donors (Lipinski definition) is 3. The molecule has 5 aromatic rings. The van der Waals surface area contributed by atoms with Crippen LogP contribution in [0, 0.1) is 0 Å². The molecule has 0 spiro atoms. The Bertz CT molecular complexity index is 1530. The maximum atomic E-state index is 13.1. The number of nitrogens with zero attached hydrogens (tertiary/aromatic N) is 2. The molecule has 6 rings (SSSR count). The van der Waals surface area contributed by atoms with E-state index in [1.807, 2.05) is 84.9 Å². The summed E-state index contributed by atoms with van der Waals surface area (Å²) in [7, 11) is 0. The average molecular weight is 559 g/mol. The first-order valence-electron chi connectivity index (χ1n) is 14.2. The van der Waals surface area contributed by atoms with Crippen molar-refractivity contribution < 1.29 is 9.84 Å². The van der Waals surface area contributed by atoms with Crippen LogP contribution >= 0.6 is 0 Å². The normalized spacial score (nSPS) is 18.5. The lowest BCUT2D eigenvalue weighted by atomic mass is 9.76. The number of aliphatic hydroxyl groups is 1. The molecule has 1 aliphatic rings. The molecule has 1 aliphatic heterocycles. The van der Waals surface area contributed by atoms with E-state index in [-0.39, 0.29) is 12.6 Å². The van der Waals surface area contributed by atoms with Gasteiger partial charge in [0, 0.05) is 25.2 Å². The van der Waals surface area contributed by atoms with Crippen LogP contribution in [0.15, 0.2) is 138 Å². The molecule has 7 heteroatoms. The topological polar surface area (TPSA) is 88.4 Å². The number of aliphatic hydroxyl groups excluding tert-OH is 1. The zero-order valence-corrected chi connectivity index (χ0v) is 23.2. The van der Waals surface area contributed by atoms with Gasteiger partial charge in [-0.15, -0.1) is 0 Å². The van der Waals surface area contributed by atoms with Crippen molar-refractivity contribution in [3.8, 4) is 0 Å². The van der Waals surface area contributed by atoms with Gasteiger partial charge in [-0.05, 0) is 28.3 Å². The van der Waals surface area contributed by atoms with Gasteiger partial charge >= 0.3 is 5.69 Å². The molecule has 42 heavy (non-hydrogen) atoms. The summed E-state index contributed by atoms with van der Waals surface area (Å²) in [6, 6.07) is 42.4. The summed E-state index contributed by atoms with van der Waals surface area (Å²) < 4.78 is 7.81. The molecule has 0 aliphatic carbocycles. The van der Waals surface area contributed by atoms with Crippen molar-refractivity contribution >= 4 is 5.82 Å². The first kappa shape index (κ1) is 27.6. The minimum atomic E-state index is -0.728. The Morgan fingerprint density at radius 1 is 0.786 bits per heavy atom. The first-order valence-corrected chi connectivity index (χ1v) is 14.2. The maximum Gasteiger partial charge on any atom is 0.351 e. The van der Waals surface area contributed by atoms with Crippen LogP contribution in [0.5, 0.6) is 0 Å². The van der Waals surface area contributed by atoms with Gasteiger partial charge in [-0.25, -0.2) is 4.79 Å². The Morgan fingerprint density at radius 3 is 1.81 bits per heavy atom. The lowest BCUT2D eigenvalue weighted by molar-refractivity contribution is -0.0299. The molecule has 1 saturated heterocycles. The van der Waals surface area contributed by atoms with Crippen molar-refractivity contribution in [2.75, 3.05) is 11.9 Å². The second-order valence-corrected chi connectivity index (χ2v) is 10.5. The third-order valence-electron chi connectivity index (χ3n) is 7.90. The number of hydrogen-bond acceptors (Lipinski definition) is 6. The number of nitrogens with one attached hydrogen (secondary N) is 2. The number of anilines is 1. The second kappa shape index (κ2) is 12.5. The Hall–Kier alpha value is -4.56. The highest BCUT2D eigenvalue weighted by atomic mass is 16.5.